The molecule has 0 amide bonds. The maximum absolute atomic E-state index is 5.50. The maximum Gasteiger partial charge on any atom is 0.0198 e. The normalized spacial score (nSPS) is 34.1. The molecule has 1 heterocycles. The monoisotopic (exact) mass is 112 g/mol. The molecule has 1 saturated carbocycles. The highest BCUT2D eigenvalue weighted by atomic mass is 15.4. The van der Waals surface area contributed by atoms with Crippen LogP contribution in [0.15, 0.2) is 0 Å². The largest absolute Gasteiger partial charge is 0.269 e. The second-order valence-electron chi connectivity index (χ2n) is 3.26. The predicted molar refractivity (Wildman–Crippen MR) is 32.0 cm³/mol. The van der Waals surface area contributed by atoms with Gasteiger partial charge in [-0.25, -0.2) is 5.01 Å². The Balaban J connectivity index is 1.92. The Morgan fingerprint density at radius 2 is 1.88 bits per heavy atom. The molecule has 2 heteroatoms. The summed E-state index contributed by atoms with van der Waals surface area (Å²) in [5.74, 6) is 5.50. The summed E-state index contributed by atoms with van der Waals surface area (Å²) in [6.07, 6.45) is 4.30. The van der Waals surface area contributed by atoms with Crippen molar-refractivity contribution < 1.29 is 0 Å². The molecule has 1 aliphatic carbocycles. The van der Waals surface area contributed by atoms with E-state index in [0.717, 1.165) is 18.5 Å². The number of hydrogen-bond acceptors (Lipinski definition) is 2. The molecule has 2 fully saturated rings. The smallest absolute Gasteiger partial charge is 0.0198 e. The molecule has 8 heavy (non-hydrogen) atoms. The van der Waals surface area contributed by atoms with E-state index in [9.17, 15) is 0 Å². The van der Waals surface area contributed by atoms with E-state index in [4.69, 9.17) is 5.84 Å². The molecule has 2 N–H and O–H groups in total. The minimum Gasteiger partial charge on any atom is -0.269 e. The van der Waals surface area contributed by atoms with E-state index in [1.54, 1.807) is 0 Å². The Hall–Kier alpha value is -0.0800. The number of hydrogen-bond donors (Lipinski definition) is 1. The summed E-state index contributed by atoms with van der Waals surface area (Å²) in [4.78, 5) is 0. The summed E-state index contributed by atoms with van der Waals surface area (Å²) in [5, 5.41) is 1.92. The fourth-order valence-electron chi connectivity index (χ4n) is 1.81. The van der Waals surface area contributed by atoms with Crippen LogP contribution in [-0.2, 0) is 0 Å². The van der Waals surface area contributed by atoms with Crippen molar-refractivity contribution in [3.05, 3.63) is 0 Å². The first kappa shape index (κ1) is 4.77. The zero-order valence-electron chi connectivity index (χ0n) is 5.06. The van der Waals surface area contributed by atoms with Crippen LogP contribution in [0.1, 0.15) is 19.3 Å². The average molecular weight is 112 g/mol. The van der Waals surface area contributed by atoms with Crippen LogP contribution in [0.4, 0.5) is 0 Å². The molecule has 0 aromatic heterocycles. The number of nitrogens with zero attached hydrogens (tertiary/aromatic N) is 1. The van der Waals surface area contributed by atoms with Crippen molar-refractivity contribution in [1.82, 2.24) is 5.01 Å². The Labute approximate surface area is 49.6 Å². The van der Waals surface area contributed by atoms with Crippen molar-refractivity contribution >= 4 is 0 Å². The van der Waals surface area contributed by atoms with E-state index in [1.165, 1.54) is 19.3 Å². The Bertz CT molecular complexity index is 99.1. The van der Waals surface area contributed by atoms with Crippen molar-refractivity contribution in [2.75, 3.05) is 13.1 Å². The quantitative estimate of drug-likeness (QED) is 0.458. The van der Waals surface area contributed by atoms with Crippen molar-refractivity contribution in [3.8, 4) is 0 Å². The van der Waals surface area contributed by atoms with Crippen LogP contribution >= 0.6 is 0 Å². The van der Waals surface area contributed by atoms with Gasteiger partial charge in [-0.15, -0.1) is 0 Å². The molecule has 0 radical (unpaired) electrons. The summed E-state index contributed by atoms with van der Waals surface area (Å²) in [6, 6.07) is 0. The van der Waals surface area contributed by atoms with Crippen LogP contribution < -0.4 is 5.84 Å². The van der Waals surface area contributed by atoms with Gasteiger partial charge in [-0.1, -0.05) is 6.42 Å². The first-order valence-electron chi connectivity index (χ1n) is 3.30. The first-order valence-corrected chi connectivity index (χ1v) is 3.30. The third-order valence-corrected chi connectivity index (χ3v) is 2.49. The summed E-state index contributed by atoms with van der Waals surface area (Å²) in [6.45, 7) is 2.32. The van der Waals surface area contributed by atoms with Crippen LogP contribution in [0.25, 0.3) is 0 Å². The van der Waals surface area contributed by atoms with Crippen molar-refractivity contribution in [2.45, 2.75) is 19.3 Å². The lowest BCUT2D eigenvalue weighted by Crippen LogP contribution is -2.62. The van der Waals surface area contributed by atoms with Gasteiger partial charge in [0.2, 0.25) is 0 Å². The van der Waals surface area contributed by atoms with Crippen LogP contribution in [0, 0.1) is 5.41 Å². The fourth-order valence-corrected chi connectivity index (χ4v) is 1.81. The van der Waals surface area contributed by atoms with E-state index in [-0.39, 0.29) is 0 Å². The molecule has 2 rings (SSSR count). The molecule has 0 atom stereocenters. The molecule has 0 bridgehead atoms. The van der Waals surface area contributed by atoms with E-state index >= 15 is 0 Å². The predicted octanol–water partition coefficient (Wildman–Crippen LogP) is 0.346. The van der Waals surface area contributed by atoms with Gasteiger partial charge < -0.3 is 0 Å². The number of hydrazine groups is 1. The van der Waals surface area contributed by atoms with Gasteiger partial charge in [-0.2, -0.15) is 0 Å². The molecule has 0 unspecified atom stereocenters. The van der Waals surface area contributed by atoms with Gasteiger partial charge in [0.05, 0.1) is 0 Å². The second-order valence-corrected chi connectivity index (χ2v) is 3.26. The molecule has 0 aromatic rings. The van der Waals surface area contributed by atoms with Crippen molar-refractivity contribution in [2.24, 2.45) is 11.3 Å². The molecule has 46 valence electrons. The second kappa shape index (κ2) is 1.25. The summed E-state index contributed by atoms with van der Waals surface area (Å²) in [7, 11) is 0. The van der Waals surface area contributed by atoms with Crippen LogP contribution in [0.2, 0.25) is 0 Å². The van der Waals surface area contributed by atoms with Gasteiger partial charge in [-0.05, 0) is 18.3 Å². The van der Waals surface area contributed by atoms with Gasteiger partial charge in [0.15, 0.2) is 0 Å². The van der Waals surface area contributed by atoms with Crippen molar-refractivity contribution in [3.63, 3.8) is 0 Å². The standard InChI is InChI=1S/C6H12N2/c7-8-4-6(5-8)2-1-3-6/h1-5,7H2. The van der Waals surface area contributed by atoms with Gasteiger partial charge in [-0.3, -0.25) is 5.84 Å². The molecule has 1 aliphatic heterocycles. The number of nitrogens with two attached hydrogens (primary N) is 1. The minimum atomic E-state index is 0.717. The van der Waals surface area contributed by atoms with E-state index in [0.29, 0.717) is 0 Å². The fraction of sp³-hybridized carbons (Fsp3) is 1.00. The van der Waals surface area contributed by atoms with Crippen LogP contribution in [-0.4, -0.2) is 18.1 Å². The molecule has 1 spiro atoms. The van der Waals surface area contributed by atoms with Gasteiger partial charge in [0.1, 0.15) is 0 Å². The Morgan fingerprint density at radius 1 is 1.25 bits per heavy atom. The van der Waals surface area contributed by atoms with Crippen LogP contribution in [0.5, 0.6) is 0 Å². The molecule has 2 nitrogen and oxygen atoms in total. The SMILES string of the molecule is NN1CC2(CCC2)C1. The third-order valence-electron chi connectivity index (χ3n) is 2.49. The maximum atomic E-state index is 5.50. The summed E-state index contributed by atoms with van der Waals surface area (Å²) < 4.78 is 0. The lowest BCUT2D eigenvalue weighted by atomic mass is 9.64. The van der Waals surface area contributed by atoms with Crippen molar-refractivity contribution in [1.29, 1.82) is 0 Å². The first-order chi connectivity index (χ1) is 3.81. The molecular formula is C6H12N2. The Kier molecular flexibility index (Phi) is 0.746. The van der Waals surface area contributed by atoms with Gasteiger partial charge in [0, 0.05) is 13.1 Å². The highest BCUT2D eigenvalue weighted by Gasteiger charge is 2.45. The average Bonchev–Trinajstić information content (AvgIpc) is 1.51. The van der Waals surface area contributed by atoms with E-state index in [2.05, 4.69) is 0 Å². The molecule has 2 aliphatic rings. The lowest BCUT2D eigenvalue weighted by molar-refractivity contribution is -0.0604. The molecule has 1 saturated heterocycles. The van der Waals surface area contributed by atoms with Gasteiger partial charge in [0.25, 0.3) is 0 Å². The Morgan fingerprint density at radius 3 is 2.00 bits per heavy atom. The highest BCUT2D eigenvalue weighted by molar-refractivity contribution is 4.98. The van der Waals surface area contributed by atoms with Gasteiger partial charge >= 0.3 is 0 Å². The highest BCUT2D eigenvalue weighted by Crippen LogP contribution is 2.46. The van der Waals surface area contributed by atoms with Crippen LogP contribution in [0.3, 0.4) is 0 Å². The topological polar surface area (TPSA) is 29.3 Å². The molecule has 0 aromatic carbocycles. The minimum absolute atomic E-state index is 0.717. The summed E-state index contributed by atoms with van der Waals surface area (Å²) in [5.41, 5.74) is 0.717. The number of rotatable bonds is 0. The van der Waals surface area contributed by atoms with E-state index in [1.807, 2.05) is 5.01 Å². The summed E-state index contributed by atoms with van der Waals surface area (Å²) >= 11 is 0. The third kappa shape index (κ3) is 0.446. The van der Waals surface area contributed by atoms with E-state index < -0.39 is 0 Å². The zero-order valence-corrected chi connectivity index (χ0v) is 5.06. The lowest BCUT2D eigenvalue weighted by Gasteiger charge is -2.54. The zero-order chi connectivity index (χ0) is 5.61. The molecular weight excluding hydrogens is 100 g/mol.